The van der Waals surface area contributed by atoms with Gasteiger partial charge in [0.2, 0.25) is 11.8 Å². The van der Waals surface area contributed by atoms with Crippen molar-refractivity contribution in [2.45, 2.75) is 32.0 Å². The Kier molecular flexibility index (Phi) is 8.57. The molecule has 3 aromatic rings. The molecule has 2 aliphatic heterocycles. The van der Waals surface area contributed by atoms with Gasteiger partial charge >= 0.3 is 0 Å². The number of rotatable bonds is 7. The number of halogens is 2. The molecule has 0 bridgehead atoms. The number of hydrogen-bond donors (Lipinski definition) is 0. The summed E-state index contributed by atoms with van der Waals surface area (Å²) >= 11 is 0. The average molecular weight is 547 g/mol. The maximum Gasteiger partial charge on any atom is 0.245 e. The molecular weight excluding hydrogens is 510 g/mol. The van der Waals surface area contributed by atoms with Crippen LogP contribution in [0.15, 0.2) is 78.9 Å². The first-order valence-electron chi connectivity index (χ1n) is 13.9. The van der Waals surface area contributed by atoms with E-state index in [2.05, 4.69) is 23.6 Å². The van der Waals surface area contributed by atoms with Gasteiger partial charge in [-0.2, -0.15) is 0 Å². The molecule has 210 valence electrons. The van der Waals surface area contributed by atoms with Gasteiger partial charge in [-0.3, -0.25) is 19.4 Å². The van der Waals surface area contributed by atoms with Crippen LogP contribution in [0.4, 0.5) is 8.78 Å². The molecule has 1 unspecified atom stereocenters. The number of hydrogen-bond acceptors (Lipinski definition) is 4. The Hall–Kier alpha value is -3.62. The van der Waals surface area contributed by atoms with Crippen molar-refractivity contribution in [1.29, 1.82) is 0 Å². The topological polar surface area (TPSA) is 47.1 Å². The van der Waals surface area contributed by atoms with Crippen LogP contribution in [0.3, 0.4) is 0 Å². The fourth-order valence-electron chi connectivity index (χ4n) is 5.87. The molecule has 2 fully saturated rings. The summed E-state index contributed by atoms with van der Waals surface area (Å²) in [5.74, 6) is -0.714. The molecule has 0 spiro atoms. The minimum absolute atomic E-state index is 0.0363. The van der Waals surface area contributed by atoms with Crippen molar-refractivity contribution in [2.24, 2.45) is 0 Å². The number of nitrogens with zero attached hydrogens (tertiary/aromatic N) is 4. The Bertz CT molecular complexity index is 1250. The van der Waals surface area contributed by atoms with Crippen molar-refractivity contribution >= 4 is 11.8 Å². The van der Waals surface area contributed by atoms with Crippen LogP contribution in [0.25, 0.3) is 0 Å². The maximum absolute atomic E-state index is 13.7. The van der Waals surface area contributed by atoms with Gasteiger partial charge in [0.25, 0.3) is 0 Å². The lowest BCUT2D eigenvalue weighted by Gasteiger charge is -2.44. The van der Waals surface area contributed by atoms with E-state index < -0.39 is 6.04 Å². The fraction of sp³-hybridized carbons (Fsp3) is 0.375. The predicted octanol–water partition coefficient (Wildman–Crippen LogP) is 4.49. The van der Waals surface area contributed by atoms with E-state index in [1.807, 2.05) is 35.2 Å². The van der Waals surface area contributed by atoms with Gasteiger partial charge in [0.05, 0.1) is 12.6 Å². The molecule has 6 nitrogen and oxygen atoms in total. The van der Waals surface area contributed by atoms with E-state index in [-0.39, 0.29) is 42.1 Å². The third-order valence-electron chi connectivity index (χ3n) is 8.01. The first-order chi connectivity index (χ1) is 19.3. The molecule has 2 aliphatic rings. The molecular formula is C32H36F2N4O2. The Morgan fingerprint density at radius 2 is 1.32 bits per heavy atom. The summed E-state index contributed by atoms with van der Waals surface area (Å²) in [6, 6.07) is 22.2. The van der Waals surface area contributed by atoms with Crippen molar-refractivity contribution < 1.29 is 18.4 Å². The Balaban J connectivity index is 1.25. The van der Waals surface area contributed by atoms with Crippen LogP contribution in [0.1, 0.15) is 42.6 Å². The van der Waals surface area contributed by atoms with Crippen LogP contribution < -0.4 is 0 Å². The summed E-state index contributed by atoms with van der Waals surface area (Å²) in [5, 5.41) is 0. The first kappa shape index (κ1) is 27.9. The number of benzene rings is 3. The third-order valence-corrected chi connectivity index (χ3v) is 8.01. The number of amides is 2. The second-order valence-electron chi connectivity index (χ2n) is 10.8. The van der Waals surface area contributed by atoms with Gasteiger partial charge in [-0.25, -0.2) is 8.78 Å². The molecule has 5 rings (SSSR count). The quantitative estimate of drug-likeness (QED) is 0.438. The summed E-state index contributed by atoms with van der Waals surface area (Å²) < 4.78 is 27.3. The highest BCUT2D eigenvalue weighted by Gasteiger charge is 2.38. The molecule has 0 aliphatic carbocycles. The largest absolute Gasteiger partial charge is 0.339 e. The Labute approximate surface area is 234 Å². The van der Waals surface area contributed by atoms with E-state index in [0.29, 0.717) is 39.3 Å². The van der Waals surface area contributed by atoms with Crippen molar-refractivity contribution in [2.75, 3.05) is 45.8 Å². The first-order valence-corrected chi connectivity index (χ1v) is 13.9. The van der Waals surface area contributed by atoms with Gasteiger partial charge in [-0.15, -0.1) is 0 Å². The molecule has 1 atom stereocenters. The van der Waals surface area contributed by atoms with Gasteiger partial charge in [-0.1, -0.05) is 54.6 Å². The standard InChI is InChI=1S/C32H36F2N4O2/c1-23(2)38-21-20-37(32(40)31(38)24-6-4-3-5-7-24)22-29(39)35-16-18-36(19-17-35)30(25-8-12-27(33)13-9-25)26-10-14-28(34)15-11-26/h3-15,23,30-31H,16-22H2,1-2H3. The van der Waals surface area contributed by atoms with Crippen LogP contribution in [-0.2, 0) is 9.59 Å². The number of carbonyl (C=O) groups is 2. The zero-order chi connectivity index (χ0) is 28.2. The van der Waals surface area contributed by atoms with Gasteiger partial charge < -0.3 is 9.80 Å². The molecule has 40 heavy (non-hydrogen) atoms. The van der Waals surface area contributed by atoms with E-state index in [4.69, 9.17) is 0 Å². The molecule has 2 amide bonds. The molecule has 2 saturated heterocycles. The van der Waals surface area contributed by atoms with E-state index in [9.17, 15) is 18.4 Å². The molecule has 0 N–H and O–H groups in total. The van der Waals surface area contributed by atoms with Gasteiger partial charge in [-0.05, 0) is 54.8 Å². The lowest BCUT2D eigenvalue weighted by molar-refractivity contribution is -0.149. The normalized spacial score (nSPS) is 19.1. The van der Waals surface area contributed by atoms with Crippen LogP contribution in [0, 0.1) is 11.6 Å². The monoisotopic (exact) mass is 546 g/mol. The summed E-state index contributed by atoms with van der Waals surface area (Å²) in [6.07, 6.45) is 0. The SMILES string of the molecule is CC(C)N1CCN(CC(=O)N2CCN(C(c3ccc(F)cc3)c3ccc(F)cc3)CC2)C(=O)C1c1ccccc1. The second-order valence-corrected chi connectivity index (χ2v) is 10.8. The molecule has 0 saturated carbocycles. The molecule has 8 heteroatoms. The van der Waals surface area contributed by atoms with Crippen LogP contribution >= 0.6 is 0 Å². The maximum atomic E-state index is 13.7. The van der Waals surface area contributed by atoms with E-state index in [1.165, 1.54) is 24.3 Å². The van der Waals surface area contributed by atoms with E-state index in [1.54, 1.807) is 29.2 Å². The van der Waals surface area contributed by atoms with Crippen molar-refractivity contribution in [3.8, 4) is 0 Å². The smallest absolute Gasteiger partial charge is 0.245 e. The second kappa shape index (κ2) is 12.3. The lowest BCUT2D eigenvalue weighted by Crippen LogP contribution is -2.57. The Morgan fingerprint density at radius 3 is 1.85 bits per heavy atom. The highest BCUT2D eigenvalue weighted by atomic mass is 19.1. The number of piperazine rings is 2. The molecule has 3 aromatic carbocycles. The summed E-state index contributed by atoms with van der Waals surface area (Å²) in [4.78, 5) is 34.9. The minimum atomic E-state index is -0.397. The van der Waals surface area contributed by atoms with Crippen molar-refractivity contribution in [3.63, 3.8) is 0 Å². The fourth-order valence-corrected chi connectivity index (χ4v) is 5.87. The number of carbonyl (C=O) groups excluding carboxylic acids is 2. The van der Waals surface area contributed by atoms with Crippen LogP contribution in [0.5, 0.6) is 0 Å². The highest BCUT2D eigenvalue weighted by molar-refractivity contribution is 5.89. The van der Waals surface area contributed by atoms with Crippen molar-refractivity contribution in [3.05, 3.63) is 107 Å². The van der Waals surface area contributed by atoms with Crippen LogP contribution in [0.2, 0.25) is 0 Å². The van der Waals surface area contributed by atoms with Crippen molar-refractivity contribution in [1.82, 2.24) is 19.6 Å². The van der Waals surface area contributed by atoms with Gasteiger partial charge in [0.1, 0.15) is 17.7 Å². The molecule has 0 aromatic heterocycles. The molecule has 0 radical (unpaired) electrons. The summed E-state index contributed by atoms with van der Waals surface area (Å²) in [7, 11) is 0. The van der Waals surface area contributed by atoms with Gasteiger partial charge in [0, 0.05) is 45.3 Å². The average Bonchev–Trinajstić information content (AvgIpc) is 2.97. The molecule has 2 heterocycles. The lowest BCUT2D eigenvalue weighted by atomic mass is 9.96. The van der Waals surface area contributed by atoms with E-state index in [0.717, 1.165) is 16.7 Å². The van der Waals surface area contributed by atoms with E-state index >= 15 is 0 Å². The van der Waals surface area contributed by atoms with Crippen LogP contribution in [-0.4, -0.2) is 83.3 Å². The summed E-state index contributed by atoms with van der Waals surface area (Å²) in [5.41, 5.74) is 2.77. The predicted molar refractivity (Wildman–Crippen MR) is 150 cm³/mol. The third kappa shape index (κ3) is 6.08. The Morgan fingerprint density at radius 1 is 0.775 bits per heavy atom. The minimum Gasteiger partial charge on any atom is -0.339 e. The summed E-state index contributed by atoms with van der Waals surface area (Å²) in [6.45, 7) is 7.71. The van der Waals surface area contributed by atoms with Gasteiger partial charge in [0.15, 0.2) is 0 Å². The highest BCUT2D eigenvalue weighted by Crippen LogP contribution is 2.31. The zero-order valence-corrected chi connectivity index (χ0v) is 23.0. The zero-order valence-electron chi connectivity index (χ0n) is 23.0.